The molecule has 6 heteroatoms. The molecule has 2 aromatic rings. The van der Waals surface area contributed by atoms with Crippen LogP contribution in [-0.4, -0.2) is 31.7 Å². The van der Waals surface area contributed by atoms with Crippen LogP contribution in [0.25, 0.3) is 0 Å². The Balaban J connectivity index is 1.71. The van der Waals surface area contributed by atoms with Crippen LogP contribution in [0.15, 0.2) is 53.4 Å². The maximum absolute atomic E-state index is 13.0. The lowest BCUT2D eigenvalue weighted by molar-refractivity contribution is 0.102. The normalized spacial score (nSPS) is 20.6. The van der Waals surface area contributed by atoms with Gasteiger partial charge in [-0.15, -0.1) is 0 Å². The molecule has 2 aromatic carbocycles. The number of hydrogen-bond acceptors (Lipinski definition) is 3. The van der Waals surface area contributed by atoms with Gasteiger partial charge in [0.2, 0.25) is 10.0 Å². The van der Waals surface area contributed by atoms with Gasteiger partial charge in [-0.05, 0) is 66.1 Å². The van der Waals surface area contributed by atoms with Crippen molar-refractivity contribution in [2.24, 2.45) is 11.8 Å². The van der Waals surface area contributed by atoms with Crippen molar-refractivity contribution >= 4 is 21.6 Å². The number of nitrogens with one attached hydrogen (secondary N) is 1. The van der Waals surface area contributed by atoms with Gasteiger partial charge in [-0.3, -0.25) is 4.79 Å². The van der Waals surface area contributed by atoms with E-state index in [0.717, 1.165) is 6.42 Å². The molecular weight excluding hydrogens is 384 g/mol. The number of piperidine rings is 1. The third-order valence-corrected chi connectivity index (χ3v) is 7.27. The average molecular weight is 415 g/mol. The topological polar surface area (TPSA) is 66.5 Å². The summed E-state index contributed by atoms with van der Waals surface area (Å²) in [6.45, 7) is 9.49. The molecule has 1 aliphatic rings. The first-order valence-electron chi connectivity index (χ1n) is 10.2. The largest absolute Gasteiger partial charge is 0.322 e. The second-order valence-corrected chi connectivity index (χ2v) is 10.5. The molecule has 0 aromatic heterocycles. The molecule has 0 bridgehead atoms. The summed E-state index contributed by atoms with van der Waals surface area (Å²) in [5, 5.41) is 2.86. The van der Waals surface area contributed by atoms with Crippen molar-refractivity contribution in [1.82, 2.24) is 4.31 Å². The number of carbonyl (C=O) groups excluding carboxylic acids is 1. The summed E-state index contributed by atoms with van der Waals surface area (Å²) >= 11 is 0. The molecule has 1 fully saturated rings. The minimum atomic E-state index is -3.54. The molecule has 0 aliphatic carbocycles. The van der Waals surface area contributed by atoms with Gasteiger partial charge >= 0.3 is 0 Å². The van der Waals surface area contributed by atoms with Crippen LogP contribution in [0.2, 0.25) is 0 Å². The monoisotopic (exact) mass is 414 g/mol. The lowest BCUT2D eigenvalue weighted by atomic mass is 9.94. The van der Waals surface area contributed by atoms with Crippen molar-refractivity contribution in [3.8, 4) is 0 Å². The number of carbonyl (C=O) groups is 1. The zero-order chi connectivity index (χ0) is 21.2. The molecule has 0 saturated carbocycles. The highest BCUT2D eigenvalue weighted by molar-refractivity contribution is 7.89. The number of benzene rings is 2. The Kier molecular flexibility index (Phi) is 6.44. The molecule has 1 heterocycles. The molecule has 3 rings (SSSR count). The number of nitrogens with zero attached hydrogens (tertiary/aromatic N) is 1. The number of sulfonamides is 1. The smallest absolute Gasteiger partial charge is 0.255 e. The van der Waals surface area contributed by atoms with Crippen molar-refractivity contribution in [3.63, 3.8) is 0 Å². The van der Waals surface area contributed by atoms with Crippen LogP contribution in [-0.2, 0) is 10.0 Å². The minimum Gasteiger partial charge on any atom is -0.322 e. The van der Waals surface area contributed by atoms with Gasteiger partial charge in [0.15, 0.2) is 0 Å². The standard InChI is InChI=1S/C23H30N2O3S/c1-16(2)19-5-9-21(10-6-19)24-23(26)20-7-11-22(12-8-20)29(27,28)25-14-17(3)13-18(4)15-25/h5-12,16-18H,13-15H2,1-4H3,(H,24,26)/t17-,18+. The predicted molar refractivity (Wildman–Crippen MR) is 117 cm³/mol. The fourth-order valence-electron chi connectivity index (χ4n) is 3.88. The van der Waals surface area contributed by atoms with E-state index in [1.54, 1.807) is 16.4 Å². The van der Waals surface area contributed by atoms with Crippen molar-refractivity contribution in [2.75, 3.05) is 18.4 Å². The number of amides is 1. The Labute approximate surface area is 174 Å². The van der Waals surface area contributed by atoms with E-state index in [0.29, 0.717) is 42.1 Å². The summed E-state index contributed by atoms with van der Waals surface area (Å²) in [5.41, 5.74) is 2.35. The highest BCUT2D eigenvalue weighted by Crippen LogP contribution is 2.27. The second-order valence-electron chi connectivity index (χ2n) is 8.52. The summed E-state index contributed by atoms with van der Waals surface area (Å²) < 4.78 is 27.5. The van der Waals surface area contributed by atoms with Crippen molar-refractivity contribution in [2.45, 2.75) is 44.9 Å². The Bertz CT molecular complexity index is 941. The van der Waals surface area contributed by atoms with Gasteiger partial charge in [-0.25, -0.2) is 8.42 Å². The van der Waals surface area contributed by atoms with E-state index in [-0.39, 0.29) is 10.8 Å². The summed E-state index contributed by atoms with van der Waals surface area (Å²) in [6, 6.07) is 13.9. The van der Waals surface area contributed by atoms with Crippen LogP contribution in [0, 0.1) is 11.8 Å². The van der Waals surface area contributed by atoms with Crippen molar-refractivity contribution in [3.05, 3.63) is 59.7 Å². The van der Waals surface area contributed by atoms with Gasteiger partial charge in [0.25, 0.3) is 5.91 Å². The first-order valence-corrected chi connectivity index (χ1v) is 11.6. The SMILES string of the molecule is CC(C)c1ccc(NC(=O)c2ccc(S(=O)(=O)N3C[C@H](C)C[C@H](C)C3)cc2)cc1. The van der Waals surface area contributed by atoms with Crippen LogP contribution >= 0.6 is 0 Å². The third kappa shape index (κ3) is 5.06. The predicted octanol–water partition coefficient (Wildman–Crippen LogP) is 4.73. The van der Waals surface area contributed by atoms with Crippen LogP contribution < -0.4 is 5.32 Å². The van der Waals surface area contributed by atoms with Gasteiger partial charge in [-0.2, -0.15) is 4.31 Å². The Morgan fingerprint density at radius 3 is 2.03 bits per heavy atom. The van der Waals surface area contributed by atoms with Gasteiger partial charge in [0.05, 0.1) is 4.90 Å². The van der Waals surface area contributed by atoms with E-state index in [2.05, 4.69) is 33.0 Å². The third-order valence-electron chi connectivity index (χ3n) is 5.42. The molecule has 1 aliphatic heterocycles. The summed E-state index contributed by atoms with van der Waals surface area (Å²) in [5.74, 6) is 0.868. The Hall–Kier alpha value is -2.18. The Morgan fingerprint density at radius 2 is 1.52 bits per heavy atom. The maximum atomic E-state index is 13.0. The molecule has 0 spiro atoms. The fraction of sp³-hybridized carbons (Fsp3) is 0.435. The number of rotatable bonds is 5. The fourth-order valence-corrected chi connectivity index (χ4v) is 5.56. The molecule has 1 saturated heterocycles. The van der Waals surface area contributed by atoms with Crippen molar-refractivity contribution in [1.29, 1.82) is 0 Å². The average Bonchev–Trinajstić information content (AvgIpc) is 2.67. The van der Waals surface area contributed by atoms with Gasteiger partial charge < -0.3 is 5.32 Å². The Morgan fingerprint density at radius 1 is 0.966 bits per heavy atom. The van der Waals surface area contributed by atoms with E-state index >= 15 is 0 Å². The molecule has 2 atom stereocenters. The molecule has 0 radical (unpaired) electrons. The quantitative estimate of drug-likeness (QED) is 0.769. The minimum absolute atomic E-state index is 0.233. The number of anilines is 1. The second kappa shape index (κ2) is 8.67. The summed E-state index contributed by atoms with van der Waals surface area (Å²) in [4.78, 5) is 12.7. The molecule has 1 N–H and O–H groups in total. The van der Waals surface area contributed by atoms with Crippen LogP contribution in [0.5, 0.6) is 0 Å². The maximum Gasteiger partial charge on any atom is 0.255 e. The molecular formula is C23H30N2O3S. The van der Waals surface area contributed by atoms with Gasteiger partial charge in [-0.1, -0.05) is 39.8 Å². The lowest BCUT2D eigenvalue weighted by Gasteiger charge is -2.34. The first-order chi connectivity index (χ1) is 13.7. The van der Waals surface area contributed by atoms with Crippen LogP contribution in [0.1, 0.15) is 56.0 Å². The zero-order valence-corrected chi connectivity index (χ0v) is 18.4. The molecule has 0 unspecified atom stereocenters. The van der Waals surface area contributed by atoms with Crippen LogP contribution in [0.3, 0.4) is 0 Å². The van der Waals surface area contributed by atoms with Gasteiger partial charge in [0.1, 0.15) is 0 Å². The lowest BCUT2D eigenvalue weighted by Crippen LogP contribution is -2.42. The van der Waals surface area contributed by atoms with Gasteiger partial charge in [0, 0.05) is 24.3 Å². The molecule has 1 amide bonds. The molecule has 156 valence electrons. The highest BCUT2D eigenvalue weighted by atomic mass is 32.2. The molecule has 29 heavy (non-hydrogen) atoms. The van der Waals surface area contributed by atoms with Crippen molar-refractivity contribution < 1.29 is 13.2 Å². The van der Waals surface area contributed by atoms with E-state index in [1.165, 1.54) is 17.7 Å². The zero-order valence-electron chi connectivity index (χ0n) is 17.6. The van der Waals surface area contributed by atoms with E-state index < -0.39 is 10.0 Å². The highest BCUT2D eigenvalue weighted by Gasteiger charge is 2.31. The van der Waals surface area contributed by atoms with Crippen LogP contribution in [0.4, 0.5) is 5.69 Å². The van der Waals surface area contributed by atoms with E-state index in [9.17, 15) is 13.2 Å². The summed E-state index contributed by atoms with van der Waals surface area (Å²) in [6.07, 6.45) is 1.04. The number of hydrogen-bond donors (Lipinski definition) is 1. The summed E-state index contributed by atoms with van der Waals surface area (Å²) in [7, 11) is -3.54. The molecule has 5 nitrogen and oxygen atoms in total. The van der Waals surface area contributed by atoms with E-state index in [1.807, 2.05) is 24.3 Å². The first kappa shape index (κ1) is 21.5. The van der Waals surface area contributed by atoms with E-state index in [4.69, 9.17) is 0 Å².